The molecule has 92 valence electrons. The van der Waals surface area contributed by atoms with E-state index in [0.29, 0.717) is 0 Å². The monoisotopic (exact) mass is 328 g/mol. The van der Waals surface area contributed by atoms with E-state index in [1.807, 2.05) is 0 Å². The Bertz CT molecular complexity index is 185. The maximum atomic E-state index is 2.22. The third-order valence-electron chi connectivity index (χ3n) is 2.46. The fraction of sp³-hybridized carbons (Fsp3) is 1.00. The molecule has 0 radical (unpaired) electrons. The van der Waals surface area contributed by atoms with Crippen LogP contribution in [-0.2, 0) is 0 Å². The molecule has 16 heavy (non-hydrogen) atoms. The molecule has 3 heterocycles. The van der Waals surface area contributed by atoms with Gasteiger partial charge in [-0.2, -0.15) is 35.3 Å². The van der Waals surface area contributed by atoms with Gasteiger partial charge in [-0.15, -0.1) is 35.3 Å². The SMILES string of the molecule is C1SC1CSC(SCC1CS1)SCC1CS1. The molecule has 0 aliphatic carbocycles. The predicted molar refractivity (Wildman–Crippen MR) is 89.9 cm³/mol. The molecule has 0 amide bonds. The molecule has 0 nitrogen and oxygen atoms in total. The summed E-state index contributed by atoms with van der Waals surface area (Å²) in [6.45, 7) is 0. The van der Waals surface area contributed by atoms with Crippen molar-refractivity contribution in [2.45, 2.75) is 19.7 Å². The molecule has 3 saturated heterocycles. The van der Waals surface area contributed by atoms with Crippen molar-refractivity contribution in [1.82, 2.24) is 0 Å². The lowest BCUT2D eigenvalue weighted by Crippen LogP contribution is -2.03. The van der Waals surface area contributed by atoms with Gasteiger partial charge in [-0.1, -0.05) is 0 Å². The third kappa shape index (κ3) is 5.39. The van der Waals surface area contributed by atoms with Crippen LogP contribution in [0.1, 0.15) is 0 Å². The van der Waals surface area contributed by atoms with Crippen LogP contribution in [0.3, 0.4) is 0 Å². The average Bonchev–Trinajstić information content (AvgIpc) is 3.15. The Morgan fingerprint density at radius 2 is 1.06 bits per heavy atom. The highest BCUT2D eigenvalue weighted by molar-refractivity contribution is 8.32. The van der Waals surface area contributed by atoms with Crippen molar-refractivity contribution < 1.29 is 0 Å². The van der Waals surface area contributed by atoms with Gasteiger partial charge in [0.1, 0.15) is 0 Å². The predicted octanol–water partition coefficient (Wildman–Crippen LogP) is 3.82. The lowest BCUT2D eigenvalue weighted by Gasteiger charge is -2.14. The number of rotatable bonds is 9. The molecular formula is C10H16S6. The second kappa shape index (κ2) is 6.51. The first kappa shape index (κ1) is 13.1. The van der Waals surface area contributed by atoms with E-state index in [2.05, 4.69) is 70.6 Å². The van der Waals surface area contributed by atoms with E-state index in [9.17, 15) is 0 Å². The van der Waals surface area contributed by atoms with Crippen LogP contribution in [0.25, 0.3) is 0 Å². The van der Waals surface area contributed by atoms with Crippen molar-refractivity contribution in [3.05, 3.63) is 0 Å². The zero-order chi connectivity index (χ0) is 10.8. The van der Waals surface area contributed by atoms with Crippen molar-refractivity contribution in [2.75, 3.05) is 34.5 Å². The van der Waals surface area contributed by atoms with E-state index in [-0.39, 0.29) is 0 Å². The molecule has 3 rings (SSSR count). The second-order valence-corrected chi connectivity index (χ2v) is 12.5. The first-order valence-electron chi connectivity index (χ1n) is 5.60. The Morgan fingerprint density at radius 3 is 1.31 bits per heavy atom. The molecule has 3 fully saturated rings. The summed E-state index contributed by atoms with van der Waals surface area (Å²) in [7, 11) is 0. The summed E-state index contributed by atoms with van der Waals surface area (Å²) < 4.78 is 0.823. The topological polar surface area (TPSA) is 0 Å². The standard InChI is InChI=1S/C10H16S6/c1-7(11-1)4-14-10(15-5-8-2-12-8)16-6-9-3-13-9/h7-10H,1-6H2. The summed E-state index contributed by atoms with van der Waals surface area (Å²) in [5, 5.41) is 3.00. The largest absolute Gasteiger partial charge is 0.156 e. The van der Waals surface area contributed by atoms with Gasteiger partial charge in [0.25, 0.3) is 0 Å². The van der Waals surface area contributed by atoms with Crippen molar-refractivity contribution in [3.63, 3.8) is 0 Å². The molecule has 6 heteroatoms. The molecule has 0 spiro atoms. The summed E-state index contributed by atoms with van der Waals surface area (Å²) in [6, 6.07) is 0. The molecular weight excluding hydrogens is 313 g/mol. The van der Waals surface area contributed by atoms with Gasteiger partial charge >= 0.3 is 0 Å². The molecule has 3 atom stereocenters. The Morgan fingerprint density at radius 1 is 0.750 bits per heavy atom. The second-order valence-electron chi connectivity index (χ2n) is 4.15. The number of hydrogen-bond acceptors (Lipinski definition) is 6. The minimum atomic E-state index is 0.823. The van der Waals surface area contributed by atoms with Gasteiger partial charge in [-0.25, -0.2) is 0 Å². The maximum Gasteiger partial charge on any atom is 0.0957 e. The average molecular weight is 329 g/mol. The van der Waals surface area contributed by atoms with Gasteiger partial charge in [-0.05, 0) is 0 Å². The Kier molecular flexibility index (Phi) is 5.33. The molecule has 0 aromatic carbocycles. The summed E-state index contributed by atoms with van der Waals surface area (Å²) in [4.78, 5) is 0. The molecule has 3 aliphatic rings. The summed E-state index contributed by atoms with van der Waals surface area (Å²) in [5.41, 5.74) is 0. The first-order chi connectivity index (χ1) is 7.90. The number of thioether (sulfide) groups is 6. The van der Waals surface area contributed by atoms with E-state index in [1.165, 1.54) is 34.5 Å². The van der Waals surface area contributed by atoms with Crippen molar-refractivity contribution in [3.8, 4) is 0 Å². The number of hydrogen-bond donors (Lipinski definition) is 0. The molecule has 3 aliphatic heterocycles. The maximum absolute atomic E-state index is 2.22. The van der Waals surface area contributed by atoms with E-state index < -0.39 is 0 Å². The van der Waals surface area contributed by atoms with Crippen LogP contribution in [0, 0.1) is 0 Å². The van der Waals surface area contributed by atoms with Crippen LogP contribution >= 0.6 is 70.6 Å². The fourth-order valence-electron chi connectivity index (χ4n) is 1.19. The minimum Gasteiger partial charge on any atom is -0.156 e. The van der Waals surface area contributed by atoms with Crippen molar-refractivity contribution >= 4 is 70.6 Å². The Hall–Kier alpha value is 2.10. The molecule has 3 unspecified atom stereocenters. The highest BCUT2D eigenvalue weighted by Crippen LogP contribution is 2.45. The minimum absolute atomic E-state index is 0.823. The molecule has 0 saturated carbocycles. The van der Waals surface area contributed by atoms with Gasteiger partial charge in [0.2, 0.25) is 0 Å². The van der Waals surface area contributed by atoms with Gasteiger partial charge in [0.05, 0.1) is 3.91 Å². The van der Waals surface area contributed by atoms with Crippen LogP contribution in [0.2, 0.25) is 0 Å². The Labute approximate surface area is 124 Å². The Balaban J connectivity index is 1.33. The van der Waals surface area contributed by atoms with Crippen molar-refractivity contribution in [1.29, 1.82) is 0 Å². The summed E-state index contributed by atoms with van der Waals surface area (Å²) >= 11 is 13.1. The lowest BCUT2D eigenvalue weighted by atomic mass is 10.6. The summed E-state index contributed by atoms with van der Waals surface area (Å²) in [5.74, 6) is 8.45. The third-order valence-corrected chi connectivity index (χ3v) is 11.1. The quantitative estimate of drug-likeness (QED) is 0.463. The highest BCUT2D eigenvalue weighted by atomic mass is 32.3. The smallest absolute Gasteiger partial charge is 0.0957 e. The van der Waals surface area contributed by atoms with Crippen molar-refractivity contribution in [2.24, 2.45) is 0 Å². The summed E-state index contributed by atoms with van der Waals surface area (Å²) in [6.07, 6.45) is 0. The van der Waals surface area contributed by atoms with Gasteiger partial charge in [0, 0.05) is 50.3 Å². The zero-order valence-electron chi connectivity index (χ0n) is 9.00. The van der Waals surface area contributed by atoms with Crippen LogP contribution in [0.15, 0.2) is 0 Å². The first-order valence-corrected chi connectivity index (χ1v) is 11.9. The van der Waals surface area contributed by atoms with E-state index in [0.717, 1.165) is 19.7 Å². The van der Waals surface area contributed by atoms with Crippen LogP contribution in [0.4, 0.5) is 0 Å². The lowest BCUT2D eigenvalue weighted by molar-refractivity contribution is 1.26. The van der Waals surface area contributed by atoms with Crippen LogP contribution in [-0.4, -0.2) is 54.2 Å². The highest BCUT2D eigenvalue weighted by Gasteiger charge is 2.29. The molecule has 0 aromatic heterocycles. The molecule has 0 N–H and O–H groups in total. The zero-order valence-corrected chi connectivity index (χ0v) is 13.9. The molecule has 0 bridgehead atoms. The fourth-order valence-corrected chi connectivity index (χ4v) is 8.30. The van der Waals surface area contributed by atoms with Gasteiger partial charge in [-0.3, -0.25) is 0 Å². The van der Waals surface area contributed by atoms with Crippen LogP contribution in [0.5, 0.6) is 0 Å². The van der Waals surface area contributed by atoms with Crippen LogP contribution < -0.4 is 0 Å². The van der Waals surface area contributed by atoms with E-state index in [4.69, 9.17) is 0 Å². The van der Waals surface area contributed by atoms with Gasteiger partial charge in [0.15, 0.2) is 0 Å². The normalized spacial score (nSPS) is 37.1. The van der Waals surface area contributed by atoms with E-state index >= 15 is 0 Å². The van der Waals surface area contributed by atoms with E-state index in [1.54, 1.807) is 0 Å². The molecule has 0 aromatic rings. The van der Waals surface area contributed by atoms with Gasteiger partial charge < -0.3 is 0 Å².